The molecular formula is C19H23N3O3. The zero-order valence-electron chi connectivity index (χ0n) is 14.1. The number of ether oxygens (including phenoxy) is 1. The summed E-state index contributed by atoms with van der Waals surface area (Å²) in [6, 6.07) is 7.79. The van der Waals surface area contributed by atoms with Gasteiger partial charge in [0.25, 0.3) is 0 Å². The molecule has 2 aliphatic heterocycles. The number of rotatable bonds is 5. The molecule has 2 aliphatic rings. The third-order valence-electron chi connectivity index (χ3n) is 5.22. The maximum atomic E-state index is 12.6. The normalized spacial score (nSPS) is 26.3. The third-order valence-corrected chi connectivity index (χ3v) is 5.22. The number of nitrogens with one attached hydrogen (secondary N) is 1. The van der Waals surface area contributed by atoms with Crippen LogP contribution in [0.15, 0.2) is 47.3 Å². The van der Waals surface area contributed by atoms with Crippen LogP contribution in [0.1, 0.15) is 11.3 Å². The van der Waals surface area contributed by atoms with Gasteiger partial charge in [-0.05, 0) is 41.7 Å². The summed E-state index contributed by atoms with van der Waals surface area (Å²) < 4.78 is 11.0. The molecule has 0 radical (unpaired) electrons. The van der Waals surface area contributed by atoms with Gasteiger partial charge in [-0.15, -0.1) is 0 Å². The SMILES string of the molecule is O=C(NCc1ccco1)[C@@H]1COC[C@@H]2CN(Cc3ccncc3)C[C@@H]21. The summed E-state index contributed by atoms with van der Waals surface area (Å²) in [4.78, 5) is 19.1. The number of pyridine rings is 1. The Kier molecular flexibility index (Phi) is 4.81. The number of hydrogen-bond acceptors (Lipinski definition) is 5. The Morgan fingerprint density at radius 1 is 1.24 bits per heavy atom. The maximum absolute atomic E-state index is 12.6. The molecule has 2 aromatic heterocycles. The highest BCUT2D eigenvalue weighted by Gasteiger charge is 2.43. The minimum Gasteiger partial charge on any atom is -0.467 e. The average Bonchev–Trinajstić information content (AvgIpc) is 3.29. The van der Waals surface area contributed by atoms with Gasteiger partial charge in [-0.2, -0.15) is 0 Å². The first kappa shape index (κ1) is 16.3. The van der Waals surface area contributed by atoms with Gasteiger partial charge < -0.3 is 14.5 Å². The van der Waals surface area contributed by atoms with Gasteiger partial charge in [0.15, 0.2) is 0 Å². The van der Waals surface area contributed by atoms with Crippen molar-refractivity contribution in [2.24, 2.45) is 17.8 Å². The van der Waals surface area contributed by atoms with E-state index in [1.807, 2.05) is 36.7 Å². The fraction of sp³-hybridized carbons (Fsp3) is 0.474. The average molecular weight is 341 g/mol. The van der Waals surface area contributed by atoms with Crippen LogP contribution in [0.5, 0.6) is 0 Å². The molecule has 0 aliphatic carbocycles. The maximum Gasteiger partial charge on any atom is 0.226 e. The van der Waals surface area contributed by atoms with E-state index in [1.165, 1.54) is 5.56 Å². The molecule has 4 rings (SSSR count). The van der Waals surface area contributed by atoms with Crippen molar-refractivity contribution >= 4 is 5.91 Å². The lowest BCUT2D eigenvalue weighted by Gasteiger charge is -2.31. The molecule has 2 aromatic rings. The van der Waals surface area contributed by atoms with E-state index in [9.17, 15) is 4.79 Å². The minimum absolute atomic E-state index is 0.0665. The van der Waals surface area contributed by atoms with Crippen LogP contribution >= 0.6 is 0 Å². The highest BCUT2D eigenvalue weighted by Crippen LogP contribution is 2.34. The lowest BCUT2D eigenvalue weighted by atomic mass is 9.82. The largest absolute Gasteiger partial charge is 0.467 e. The van der Waals surface area contributed by atoms with Crippen LogP contribution in [-0.2, 0) is 22.6 Å². The van der Waals surface area contributed by atoms with Crippen LogP contribution in [0.4, 0.5) is 0 Å². The molecule has 25 heavy (non-hydrogen) atoms. The summed E-state index contributed by atoms with van der Waals surface area (Å²) in [6.45, 7) is 4.51. The molecular weight excluding hydrogens is 318 g/mol. The molecule has 4 heterocycles. The highest BCUT2D eigenvalue weighted by atomic mass is 16.5. The molecule has 2 fully saturated rings. The van der Waals surface area contributed by atoms with Crippen molar-refractivity contribution in [2.45, 2.75) is 13.1 Å². The zero-order chi connectivity index (χ0) is 17.1. The standard InChI is InChI=1S/C19H23N3O3/c23-19(21-8-16-2-1-7-25-16)18-13-24-12-15-10-22(11-17(15)18)9-14-3-5-20-6-4-14/h1-7,15,17-18H,8-13H2,(H,21,23)/t15-,17-,18+/m0/s1. The van der Waals surface area contributed by atoms with E-state index < -0.39 is 0 Å². The van der Waals surface area contributed by atoms with E-state index in [4.69, 9.17) is 9.15 Å². The number of carbonyl (C=O) groups is 1. The number of carbonyl (C=O) groups excluding carboxylic acids is 1. The number of nitrogens with zero attached hydrogens (tertiary/aromatic N) is 2. The fourth-order valence-corrected chi connectivity index (χ4v) is 3.95. The van der Waals surface area contributed by atoms with E-state index in [1.54, 1.807) is 6.26 Å². The van der Waals surface area contributed by atoms with Gasteiger partial charge in [0, 0.05) is 32.0 Å². The first-order valence-electron chi connectivity index (χ1n) is 8.78. The Morgan fingerprint density at radius 2 is 2.12 bits per heavy atom. The van der Waals surface area contributed by atoms with E-state index in [2.05, 4.69) is 15.2 Å². The Bertz CT molecular complexity index is 689. The molecule has 0 aromatic carbocycles. The lowest BCUT2D eigenvalue weighted by molar-refractivity contribution is -0.133. The van der Waals surface area contributed by atoms with E-state index >= 15 is 0 Å². The molecule has 0 bridgehead atoms. The molecule has 6 heteroatoms. The molecule has 2 saturated heterocycles. The number of furan rings is 1. The van der Waals surface area contributed by atoms with E-state index in [0.29, 0.717) is 25.0 Å². The van der Waals surface area contributed by atoms with Crippen molar-refractivity contribution in [1.82, 2.24) is 15.2 Å². The van der Waals surface area contributed by atoms with Crippen LogP contribution in [-0.4, -0.2) is 42.1 Å². The Balaban J connectivity index is 1.36. The summed E-state index contributed by atoms with van der Waals surface area (Å²) in [6.07, 6.45) is 5.27. The first-order valence-corrected chi connectivity index (χ1v) is 8.78. The molecule has 0 saturated carbocycles. The second kappa shape index (κ2) is 7.37. The summed E-state index contributed by atoms with van der Waals surface area (Å²) in [5.74, 6) is 1.53. The number of fused-ring (bicyclic) bond motifs is 1. The second-order valence-corrected chi connectivity index (χ2v) is 6.91. The van der Waals surface area contributed by atoms with Crippen LogP contribution in [0, 0.1) is 17.8 Å². The Morgan fingerprint density at radius 3 is 2.92 bits per heavy atom. The van der Waals surface area contributed by atoms with Crippen molar-refractivity contribution in [3.8, 4) is 0 Å². The predicted octanol–water partition coefficient (Wildman–Crippen LogP) is 1.69. The second-order valence-electron chi connectivity index (χ2n) is 6.91. The molecule has 6 nitrogen and oxygen atoms in total. The Hall–Kier alpha value is -2.18. The molecule has 1 N–H and O–H groups in total. The third kappa shape index (κ3) is 3.75. The van der Waals surface area contributed by atoms with Gasteiger partial charge in [0.2, 0.25) is 5.91 Å². The van der Waals surface area contributed by atoms with Crippen molar-refractivity contribution in [1.29, 1.82) is 0 Å². The minimum atomic E-state index is -0.0869. The van der Waals surface area contributed by atoms with Gasteiger partial charge in [-0.1, -0.05) is 0 Å². The lowest BCUT2D eigenvalue weighted by Crippen LogP contribution is -2.44. The smallest absolute Gasteiger partial charge is 0.226 e. The zero-order valence-corrected chi connectivity index (χ0v) is 14.1. The summed E-state index contributed by atoms with van der Waals surface area (Å²) in [5.41, 5.74) is 1.26. The summed E-state index contributed by atoms with van der Waals surface area (Å²) in [7, 11) is 0. The van der Waals surface area contributed by atoms with E-state index in [0.717, 1.165) is 32.0 Å². The van der Waals surface area contributed by atoms with Gasteiger partial charge in [0.05, 0.1) is 31.9 Å². The Labute approximate surface area is 147 Å². The van der Waals surface area contributed by atoms with Crippen molar-refractivity contribution in [3.63, 3.8) is 0 Å². The van der Waals surface area contributed by atoms with Gasteiger partial charge in [-0.3, -0.25) is 14.7 Å². The van der Waals surface area contributed by atoms with Crippen molar-refractivity contribution in [2.75, 3.05) is 26.3 Å². The topological polar surface area (TPSA) is 67.6 Å². The highest BCUT2D eigenvalue weighted by molar-refractivity contribution is 5.79. The number of likely N-dealkylation sites (tertiary alicyclic amines) is 1. The molecule has 132 valence electrons. The van der Waals surface area contributed by atoms with Gasteiger partial charge >= 0.3 is 0 Å². The number of aromatic nitrogens is 1. The van der Waals surface area contributed by atoms with Crippen molar-refractivity contribution < 1.29 is 13.9 Å². The van der Waals surface area contributed by atoms with Gasteiger partial charge in [-0.25, -0.2) is 0 Å². The predicted molar refractivity (Wildman–Crippen MR) is 91.4 cm³/mol. The summed E-state index contributed by atoms with van der Waals surface area (Å²) >= 11 is 0. The number of hydrogen-bond donors (Lipinski definition) is 1. The number of amides is 1. The van der Waals surface area contributed by atoms with Gasteiger partial charge in [0.1, 0.15) is 5.76 Å². The van der Waals surface area contributed by atoms with Crippen LogP contribution < -0.4 is 5.32 Å². The first-order chi connectivity index (χ1) is 12.3. The van der Waals surface area contributed by atoms with Crippen LogP contribution in [0.25, 0.3) is 0 Å². The van der Waals surface area contributed by atoms with Crippen LogP contribution in [0.2, 0.25) is 0 Å². The van der Waals surface area contributed by atoms with Crippen LogP contribution in [0.3, 0.4) is 0 Å². The molecule has 0 unspecified atom stereocenters. The quantitative estimate of drug-likeness (QED) is 0.896. The molecule has 0 spiro atoms. The monoisotopic (exact) mass is 341 g/mol. The summed E-state index contributed by atoms with van der Waals surface area (Å²) in [5, 5.41) is 2.99. The molecule has 3 atom stereocenters. The molecule has 1 amide bonds. The van der Waals surface area contributed by atoms with Crippen molar-refractivity contribution in [3.05, 3.63) is 54.2 Å². The van der Waals surface area contributed by atoms with E-state index in [-0.39, 0.29) is 11.8 Å². The fourth-order valence-electron chi connectivity index (χ4n) is 3.95.